The molecule has 0 radical (unpaired) electrons. The van der Waals surface area contributed by atoms with Gasteiger partial charge < -0.3 is 5.32 Å². The van der Waals surface area contributed by atoms with Gasteiger partial charge in [0.15, 0.2) is 5.65 Å². The van der Waals surface area contributed by atoms with Gasteiger partial charge in [0.2, 0.25) is 16.0 Å². The second-order valence-corrected chi connectivity index (χ2v) is 9.42. The van der Waals surface area contributed by atoms with Crippen molar-refractivity contribution in [2.45, 2.75) is 18.9 Å². The summed E-state index contributed by atoms with van der Waals surface area (Å²) in [6, 6.07) is 6.04. The Balaban J connectivity index is 1.76. The molecule has 32 heavy (non-hydrogen) atoms. The third kappa shape index (κ3) is 4.04. The number of pyridine rings is 1. The molecule has 1 N–H and O–H groups in total. The summed E-state index contributed by atoms with van der Waals surface area (Å²) in [6.45, 7) is 0.668. The lowest BCUT2D eigenvalue weighted by Crippen LogP contribution is -2.42. The van der Waals surface area contributed by atoms with E-state index in [1.807, 2.05) is 0 Å². The zero-order valence-electron chi connectivity index (χ0n) is 16.9. The Bertz CT molecular complexity index is 1390. The topological polar surface area (TPSA) is 121 Å². The number of nitriles is 1. The summed E-state index contributed by atoms with van der Waals surface area (Å²) < 4.78 is 54.4. The zero-order valence-corrected chi connectivity index (χ0v) is 17.7. The molecule has 9 nitrogen and oxygen atoms in total. The fourth-order valence-corrected chi connectivity index (χ4v) is 4.55. The largest absolute Gasteiger partial charge is 0.351 e. The van der Waals surface area contributed by atoms with Gasteiger partial charge in [0.05, 0.1) is 6.26 Å². The second kappa shape index (κ2) is 8.25. The molecule has 2 aromatic heterocycles. The number of sulfonamides is 1. The van der Waals surface area contributed by atoms with E-state index < -0.39 is 32.9 Å². The van der Waals surface area contributed by atoms with Gasteiger partial charge in [0.25, 0.3) is 5.56 Å². The average molecular weight is 460 g/mol. The molecule has 0 bridgehead atoms. The maximum atomic E-state index is 14.5. The number of fused-ring (bicyclic) bond motifs is 1. The Morgan fingerprint density at radius 1 is 1.22 bits per heavy atom. The Morgan fingerprint density at radius 3 is 2.47 bits per heavy atom. The van der Waals surface area contributed by atoms with Crippen LogP contribution in [0.15, 0.2) is 35.3 Å². The predicted molar refractivity (Wildman–Crippen MR) is 113 cm³/mol. The number of piperidine rings is 1. The fourth-order valence-electron chi connectivity index (χ4n) is 3.67. The predicted octanol–water partition coefficient (Wildman–Crippen LogP) is 1.77. The van der Waals surface area contributed by atoms with Crippen LogP contribution in [0, 0.1) is 23.0 Å². The molecule has 1 aliphatic heterocycles. The molecule has 3 heterocycles. The van der Waals surface area contributed by atoms with Crippen molar-refractivity contribution < 1.29 is 17.2 Å². The van der Waals surface area contributed by atoms with Crippen molar-refractivity contribution in [3.63, 3.8) is 0 Å². The summed E-state index contributed by atoms with van der Waals surface area (Å²) in [6.07, 6.45) is 3.53. The molecule has 12 heteroatoms. The van der Waals surface area contributed by atoms with Gasteiger partial charge in [-0.25, -0.2) is 26.5 Å². The minimum absolute atomic E-state index is 0.0657. The summed E-state index contributed by atoms with van der Waals surface area (Å²) in [4.78, 5) is 21.3. The number of hydrogen-bond donors (Lipinski definition) is 1. The summed E-state index contributed by atoms with van der Waals surface area (Å²) in [5, 5.41) is 12.6. The maximum absolute atomic E-state index is 14.5. The van der Waals surface area contributed by atoms with Crippen LogP contribution in [0.4, 0.5) is 14.7 Å². The molecule has 1 aromatic carbocycles. The minimum Gasteiger partial charge on any atom is -0.351 e. The average Bonchev–Trinajstić information content (AvgIpc) is 2.74. The Morgan fingerprint density at radius 2 is 1.88 bits per heavy atom. The lowest BCUT2D eigenvalue weighted by Gasteiger charge is -2.30. The first-order valence-electron chi connectivity index (χ1n) is 9.68. The number of aromatic nitrogens is 3. The number of rotatable bonds is 4. The summed E-state index contributed by atoms with van der Waals surface area (Å²) >= 11 is 0. The Kier molecular flexibility index (Phi) is 5.62. The number of benzene rings is 1. The highest BCUT2D eigenvalue weighted by Gasteiger charge is 2.26. The van der Waals surface area contributed by atoms with Crippen molar-refractivity contribution in [2.24, 2.45) is 0 Å². The molecule has 166 valence electrons. The van der Waals surface area contributed by atoms with Crippen LogP contribution in [0.3, 0.4) is 0 Å². The molecular weight excluding hydrogens is 442 g/mol. The van der Waals surface area contributed by atoms with Crippen molar-refractivity contribution >= 4 is 27.0 Å². The van der Waals surface area contributed by atoms with Gasteiger partial charge in [-0.05, 0) is 31.0 Å². The first-order valence-corrected chi connectivity index (χ1v) is 11.5. The van der Waals surface area contributed by atoms with Gasteiger partial charge in [0, 0.05) is 30.7 Å². The third-order valence-corrected chi connectivity index (χ3v) is 6.58. The Hall–Kier alpha value is -3.43. The molecule has 1 fully saturated rings. The first-order chi connectivity index (χ1) is 15.2. The summed E-state index contributed by atoms with van der Waals surface area (Å²) in [5.41, 5.74) is -1.91. The smallest absolute Gasteiger partial charge is 0.274 e. The molecule has 1 aliphatic rings. The van der Waals surface area contributed by atoms with Crippen LogP contribution in [0.25, 0.3) is 16.7 Å². The van der Waals surface area contributed by atoms with Crippen molar-refractivity contribution in [1.29, 1.82) is 5.26 Å². The number of para-hydroxylation sites is 1. The van der Waals surface area contributed by atoms with E-state index in [0.29, 0.717) is 25.9 Å². The third-order valence-electron chi connectivity index (χ3n) is 5.28. The van der Waals surface area contributed by atoms with Crippen LogP contribution in [-0.2, 0) is 10.0 Å². The summed E-state index contributed by atoms with van der Waals surface area (Å²) in [5.74, 6) is -1.85. The fraction of sp³-hybridized carbons (Fsp3) is 0.300. The lowest BCUT2D eigenvalue weighted by molar-refractivity contribution is 0.331. The monoisotopic (exact) mass is 460 g/mol. The van der Waals surface area contributed by atoms with Crippen LogP contribution in [0.5, 0.6) is 0 Å². The van der Waals surface area contributed by atoms with E-state index in [2.05, 4.69) is 15.3 Å². The van der Waals surface area contributed by atoms with E-state index in [1.54, 1.807) is 6.07 Å². The van der Waals surface area contributed by atoms with Crippen molar-refractivity contribution in [3.05, 3.63) is 58.0 Å². The number of anilines is 1. The highest BCUT2D eigenvalue weighted by molar-refractivity contribution is 7.88. The van der Waals surface area contributed by atoms with E-state index in [0.717, 1.165) is 23.0 Å². The first kappa shape index (κ1) is 21.8. The Labute approximate surface area is 182 Å². The van der Waals surface area contributed by atoms with Gasteiger partial charge in [-0.15, -0.1) is 0 Å². The van der Waals surface area contributed by atoms with Crippen molar-refractivity contribution in [3.8, 4) is 11.8 Å². The molecular formula is C20H18F2N6O3S. The maximum Gasteiger partial charge on any atom is 0.274 e. The molecule has 3 aromatic rings. The second-order valence-electron chi connectivity index (χ2n) is 7.43. The molecule has 0 aliphatic carbocycles. The highest BCUT2D eigenvalue weighted by atomic mass is 32.2. The molecule has 0 saturated carbocycles. The van der Waals surface area contributed by atoms with Crippen molar-refractivity contribution in [2.75, 3.05) is 24.7 Å². The molecule has 0 atom stereocenters. The SMILES string of the molecule is CS(=O)(=O)N1CCC(Nc2ncc3cc(C#N)c(=O)n(-c4c(F)cccc4F)c3n2)CC1. The normalized spacial score (nSPS) is 15.6. The van der Waals surface area contributed by atoms with E-state index >= 15 is 0 Å². The van der Waals surface area contributed by atoms with Crippen molar-refractivity contribution in [1.82, 2.24) is 18.8 Å². The van der Waals surface area contributed by atoms with Gasteiger partial charge in [0.1, 0.15) is 29.0 Å². The highest BCUT2D eigenvalue weighted by Crippen LogP contribution is 2.23. The number of halogens is 2. The van der Waals surface area contributed by atoms with Crippen LogP contribution in [0.2, 0.25) is 0 Å². The molecule has 0 unspecified atom stereocenters. The molecule has 0 spiro atoms. The van der Waals surface area contributed by atoms with Gasteiger partial charge >= 0.3 is 0 Å². The van der Waals surface area contributed by atoms with Gasteiger partial charge in [-0.1, -0.05) is 6.07 Å². The van der Waals surface area contributed by atoms with E-state index in [1.165, 1.54) is 22.6 Å². The van der Waals surface area contributed by atoms with Crippen LogP contribution < -0.4 is 10.9 Å². The van der Waals surface area contributed by atoms with E-state index in [-0.39, 0.29) is 28.6 Å². The quantitative estimate of drug-likeness (QED) is 0.630. The van der Waals surface area contributed by atoms with Gasteiger partial charge in [-0.2, -0.15) is 10.2 Å². The van der Waals surface area contributed by atoms with Crippen LogP contribution >= 0.6 is 0 Å². The molecule has 1 saturated heterocycles. The lowest BCUT2D eigenvalue weighted by atomic mass is 10.1. The van der Waals surface area contributed by atoms with E-state index in [9.17, 15) is 27.3 Å². The molecule has 4 rings (SSSR count). The minimum atomic E-state index is -3.27. The van der Waals surface area contributed by atoms with E-state index in [4.69, 9.17) is 0 Å². The van der Waals surface area contributed by atoms with Crippen LogP contribution in [0.1, 0.15) is 18.4 Å². The van der Waals surface area contributed by atoms with Gasteiger partial charge in [-0.3, -0.25) is 9.36 Å². The number of nitrogens with zero attached hydrogens (tertiary/aromatic N) is 5. The zero-order chi connectivity index (χ0) is 23.0. The standard InChI is InChI=1S/C20H18F2N6O3S/c1-32(30,31)27-7-5-14(6-8-27)25-20-24-11-13-9-12(10-23)19(29)28(18(13)26-20)17-15(21)3-2-4-16(17)22/h2-4,9,11,14H,5-8H2,1H3,(H,24,25,26). The number of nitrogens with one attached hydrogen (secondary N) is 1. The van der Waals surface area contributed by atoms with Crippen LogP contribution in [-0.4, -0.2) is 52.6 Å². The summed E-state index contributed by atoms with van der Waals surface area (Å²) in [7, 11) is -3.27. The number of hydrogen-bond acceptors (Lipinski definition) is 7. The molecule has 0 amide bonds.